The minimum atomic E-state index is 0.658. The summed E-state index contributed by atoms with van der Waals surface area (Å²) in [5, 5.41) is 0. The predicted molar refractivity (Wildman–Crippen MR) is 46.2 cm³/mol. The fraction of sp³-hybridized carbons (Fsp3) is 0.111. The maximum Gasteiger partial charge on any atom is 0.154 e. The van der Waals surface area contributed by atoms with Crippen LogP contribution in [0.15, 0.2) is 18.3 Å². The van der Waals surface area contributed by atoms with Crippen LogP contribution in [-0.4, -0.2) is 16.3 Å². The van der Waals surface area contributed by atoms with E-state index in [2.05, 4.69) is 9.97 Å². The second-order valence-electron chi connectivity index (χ2n) is 2.68. The van der Waals surface area contributed by atoms with Gasteiger partial charge in [-0.15, -0.1) is 0 Å². The molecule has 0 aliphatic rings. The van der Waals surface area contributed by atoms with Crippen LogP contribution in [0.2, 0.25) is 0 Å². The summed E-state index contributed by atoms with van der Waals surface area (Å²) in [6.07, 6.45) is 2.52. The zero-order chi connectivity index (χ0) is 8.55. The first kappa shape index (κ1) is 7.03. The SMILES string of the molecule is Cc1[nH]c2cccnc2c1C=O. The van der Waals surface area contributed by atoms with Crippen LogP contribution in [0, 0.1) is 6.92 Å². The third-order valence-corrected chi connectivity index (χ3v) is 1.91. The fourth-order valence-corrected chi connectivity index (χ4v) is 1.31. The molecule has 0 aliphatic heterocycles. The molecule has 0 amide bonds. The van der Waals surface area contributed by atoms with Gasteiger partial charge in [0, 0.05) is 11.9 Å². The Bertz CT molecular complexity index is 431. The van der Waals surface area contributed by atoms with Gasteiger partial charge in [-0.25, -0.2) is 0 Å². The van der Waals surface area contributed by atoms with Crippen LogP contribution in [0.25, 0.3) is 11.0 Å². The fourth-order valence-electron chi connectivity index (χ4n) is 1.31. The maximum atomic E-state index is 10.6. The minimum Gasteiger partial charge on any atom is -0.357 e. The quantitative estimate of drug-likeness (QED) is 0.645. The largest absolute Gasteiger partial charge is 0.357 e. The van der Waals surface area contributed by atoms with Crippen molar-refractivity contribution >= 4 is 17.3 Å². The molecule has 3 heteroatoms. The molecular formula is C9H8N2O. The number of rotatable bonds is 1. The van der Waals surface area contributed by atoms with Gasteiger partial charge in [0.15, 0.2) is 6.29 Å². The zero-order valence-corrected chi connectivity index (χ0v) is 6.66. The van der Waals surface area contributed by atoms with Gasteiger partial charge < -0.3 is 4.98 Å². The van der Waals surface area contributed by atoms with Crippen LogP contribution in [0.1, 0.15) is 16.1 Å². The van der Waals surface area contributed by atoms with Gasteiger partial charge in [0.2, 0.25) is 0 Å². The number of aromatic nitrogens is 2. The van der Waals surface area contributed by atoms with E-state index in [0.717, 1.165) is 23.0 Å². The Labute approximate surface area is 69.4 Å². The standard InChI is InChI=1S/C9H8N2O/c1-6-7(5-12)9-8(11-6)3-2-4-10-9/h2-5,11H,1H3. The van der Waals surface area contributed by atoms with Crippen molar-refractivity contribution in [3.8, 4) is 0 Å². The first-order valence-electron chi connectivity index (χ1n) is 3.71. The van der Waals surface area contributed by atoms with Gasteiger partial charge in [0.05, 0.1) is 16.6 Å². The molecule has 1 N–H and O–H groups in total. The number of aldehydes is 1. The molecule has 2 aromatic rings. The summed E-state index contributed by atoms with van der Waals surface area (Å²) in [5.74, 6) is 0. The zero-order valence-electron chi connectivity index (χ0n) is 6.66. The number of H-pyrrole nitrogens is 1. The number of hydrogen-bond donors (Lipinski definition) is 1. The summed E-state index contributed by atoms with van der Waals surface area (Å²) in [4.78, 5) is 17.8. The lowest BCUT2D eigenvalue weighted by molar-refractivity contribution is 0.112. The van der Waals surface area contributed by atoms with Crippen molar-refractivity contribution in [1.29, 1.82) is 0 Å². The third-order valence-electron chi connectivity index (χ3n) is 1.91. The average molecular weight is 160 g/mol. The summed E-state index contributed by atoms with van der Waals surface area (Å²) >= 11 is 0. The summed E-state index contributed by atoms with van der Waals surface area (Å²) in [6.45, 7) is 1.87. The number of aromatic amines is 1. The van der Waals surface area contributed by atoms with E-state index in [9.17, 15) is 4.79 Å². The Morgan fingerprint density at radius 1 is 1.58 bits per heavy atom. The number of nitrogens with one attached hydrogen (secondary N) is 1. The molecule has 0 atom stereocenters. The van der Waals surface area contributed by atoms with Crippen molar-refractivity contribution in [2.75, 3.05) is 0 Å². The van der Waals surface area contributed by atoms with E-state index in [-0.39, 0.29) is 0 Å². The van der Waals surface area contributed by atoms with Crippen molar-refractivity contribution < 1.29 is 4.79 Å². The van der Waals surface area contributed by atoms with Crippen molar-refractivity contribution in [2.24, 2.45) is 0 Å². The van der Waals surface area contributed by atoms with Gasteiger partial charge in [-0.2, -0.15) is 0 Å². The van der Waals surface area contributed by atoms with Crippen molar-refractivity contribution in [3.05, 3.63) is 29.6 Å². The van der Waals surface area contributed by atoms with Crippen molar-refractivity contribution in [3.63, 3.8) is 0 Å². The van der Waals surface area contributed by atoms with Gasteiger partial charge in [0.25, 0.3) is 0 Å². The second-order valence-corrected chi connectivity index (χ2v) is 2.68. The Hall–Kier alpha value is -1.64. The molecule has 0 bridgehead atoms. The molecule has 0 fully saturated rings. The third kappa shape index (κ3) is 0.830. The molecular weight excluding hydrogens is 152 g/mol. The Morgan fingerprint density at radius 2 is 2.42 bits per heavy atom. The smallest absolute Gasteiger partial charge is 0.154 e. The van der Waals surface area contributed by atoms with E-state index in [1.807, 2.05) is 19.1 Å². The van der Waals surface area contributed by atoms with Gasteiger partial charge in [-0.05, 0) is 19.1 Å². The number of carbonyl (C=O) groups is 1. The molecule has 2 rings (SSSR count). The Kier molecular flexibility index (Phi) is 1.43. The van der Waals surface area contributed by atoms with Crippen molar-refractivity contribution in [2.45, 2.75) is 6.92 Å². The number of hydrogen-bond acceptors (Lipinski definition) is 2. The molecule has 0 aliphatic carbocycles. The Morgan fingerprint density at radius 3 is 3.17 bits per heavy atom. The molecule has 0 radical (unpaired) electrons. The monoisotopic (exact) mass is 160 g/mol. The molecule has 12 heavy (non-hydrogen) atoms. The summed E-state index contributed by atoms with van der Waals surface area (Å²) < 4.78 is 0. The molecule has 3 nitrogen and oxygen atoms in total. The minimum absolute atomic E-state index is 0.658. The van der Waals surface area contributed by atoms with Gasteiger partial charge in [0.1, 0.15) is 0 Å². The summed E-state index contributed by atoms with van der Waals surface area (Å²) in [6, 6.07) is 3.75. The summed E-state index contributed by atoms with van der Waals surface area (Å²) in [5.41, 5.74) is 3.20. The first-order valence-corrected chi connectivity index (χ1v) is 3.71. The van der Waals surface area contributed by atoms with Gasteiger partial charge >= 0.3 is 0 Å². The van der Waals surface area contributed by atoms with E-state index in [1.165, 1.54) is 0 Å². The van der Waals surface area contributed by atoms with E-state index in [1.54, 1.807) is 6.20 Å². The van der Waals surface area contributed by atoms with Crippen molar-refractivity contribution in [1.82, 2.24) is 9.97 Å². The molecule has 60 valence electrons. The lowest BCUT2D eigenvalue weighted by Crippen LogP contribution is -1.81. The van der Waals surface area contributed by atoms with Crippen LogP contribution >= 0.6 is 0 Å². The molecule has 0 aromatic carbocycles. The lowest BCUT2D eigenvalue weighted by atomic mass is 10.2. The van der Waals surface area contributed by atoms with E-state index < -0.39 is 0 Å². The molecule has 0 saturated carbocycles. The molecule has 0 spiro atoms. The molecule has 2 heterocycles. The first-order chi connectivity index (χ1) is 5.83. The maximum absolute atomic E-state index is 10.6. The highest BCUT2D eigenvalue weighted by Crippen LogP contribution is 2.16. The van der Waals surface area contributed by atoms with Gasteiger partial charge in [-0.3, -0.25) is 9.78 Å². The van der Waals surface area contributed by atoms with E-state index in [0.29, 0.717) is 5.56 Å². The number of nitrogens with zero attached hydrogens (tertiary/aromatic N) is 1. The molecule has 0 saturated heterocycles. The van der Waals surface area contributed by atoms with Crippen LogP contribution < -0.4 is 0 Å². The number of fused-ring (bicyclic) bond motifs is 1. The number of aryl methyl sites for hydroxylation is 1. The predicted octanol–water partition coefficient (Wildman–Crippen LogP) is 1.68. The Balaban J connectivity index is 2.90. The average Bonchev–Trinajstić information content (AvgIpc) is 2.40. The van der Waals surface area contributed by atoms with Gasteiger partial charge in [-0.1, -0.05) is 0 Å². The van der Waals surface area contributed by atoms with E-state index in [4.69, 9.17) is 0 Å². The topological polar surface area (TPSA) is 45.8 Å². The highest BCUT2D eigenvalue weighted by Gasteiger charge is 2.06. The molecule has 0 unspecified atom stereocenters. The number of carbonyl (C=O) groups excluding carboxylic acids is 1. The molecule has 2 aromatic heterocycles. The second kappa shape index (κ2) is 2.44. The summed E-state index contributed by atoms with van der Waals surface area (Å²) in [7, 11) is 0. The highest BCUT2D eigenvalue weighted by atomic mass is 16.1. The lowest BCUT2D eigenvalue weighted by Gasteiger charge is -1.86. The van der Waals surface area contributed by atoms with Crippen LogP contribution in [0.3, 0.4) is 0 Å². The highest BCUT2D eigenvalue weighted by molar-refractivity contribution is 5.96. The van der Waals surface area contributed by atoms with Crippen LogP contribution in [0.4, 0.5) is 0 Å². The van der Waals surface area contributed by atoms with Crippen LogP contribution in [-0.2, 0) is 0 Å². The van der Waals surface area contributed by atoms with Crippen LogP contribution in [0.5, 0.6) is 0 Å². The van der Waals surface area contributed by atoms with E-state index >= 15 is 0 Å². The normalized spacial score (nSPS) is 10.4. The number of pyridine rings is 1.